The Morgan fingerprint density at radius 3 is 2.61 bits per heavy atom. The van der Waals surface area contributed by atoms with E-state index in [2.05, 4.69) is 4.99 Å². The van der Waals surface area contributed by atoms with E-state index in [0.29, 0.717) is 22.4 Å². The van der Waals surface area contributed by atoms with Gasteiger partial charge in [-0.05, 0) is 43.3 Å². The lowest BCUT2D eigenvalue weighted by Crippen LogP contribution is -2.07. The van der Waals surface area contributed by atoms with Gasteiger partial charge in [-0.15, -0.1) is 0 Å². The Bertz CT molecular complexity index is 940. The van der Waals surface area contributed by atoms with Gasteiger partial charge in [-0.25, -0.2) is 4.79 Å². The van der Waals surface area contributed by atoms with E-state index in [1.807, 2.05) is 13.0 Å². The molecule has 3 rings (SSSR count). The molecule has 0 unspecified atom stereocenters. The zero-order valence-electron chi connectivity index (χ0n) is 12.7. The largest absolute Gasteiger partial charge is 0.506 e. The Morgan fingerprint density at radius 1 is 1.17 bits per heavy atom. The Kier molecular flexibility index (Phi) is 3.85. The van der Waals surface area contributed by atoms with Crippen molar-refractivity contribution in [2.45, 2.75) is 6.92 Å². The van der Waals surface area contributed by atoms with Crippen molar-refractivity contribution in [3.63, 3.8) is 0 Å². The molecule has 3 aromatic rings. The summed E-state index contributed by atoms with van der Waals surface area (Å²) in [4.78, 5) is 16.2. The van der Waals surface area contributed by atoms with Crippen LogP contribution in [0.15, 0.2) is 56.7 Å². The van der Waals surface area contributed by atoms with Crippen molar-refractivity contribution in [3.05, 3.63) is 64.0 Å². The van der Waals surface area contributed by atoms with Crippen LogP contribution in [-0.4, -0.2) is 18.4 Å². The Balaban J connectivity index is 2.04. The highest BCUT2D eigenvalue weighted by atomic mass is 16.5. The first-order chi connectivity index (χ1) is 11.1. The van der Waals surface area contributed by atoms with E-state index in [1.54, 1.807) is 43.5 Å². The van der Waals surface area contributed by atoms with Gasteiger partial charge in [0.25, 0.3) is 0 Å². The summed E-state index contributed by atoms with van der Waals surface area (Å²) in [5.74, 6) is 0.588. The van der Waals surface area contributed by atoms with Crippen LogP contribution >= 0.6 is 0 Å². The summed E-state index contributed by atoms with van der Waals surface area (Å²) in [6.07, 6.45) is 1.31. The van der Waals surface area contributed by atoms with E-state index in [0.717, 1.165) is 5.56 Å². The molecule has 0 bridgehead atoms. The lowest BCUT2D eigenvalue weighted by atomic mass is 10.1. The number of methoxy groups -OCH3 is 1. The molecule has 0 aliphatic rings. The third-order valence-electron chi connectivity index (χ3n) is 3.48. The molecule has 0 saturated carbocycles. The molecule has 116 valence electrons. The number of fused-ring (bicyclic) bond motifs is 1. The molecule has 0 aliphatic heterocycles. The fraction of sp³-hybridized carbons (Fsp3) is 0.111. The van der Waals surface area contributed by atoms with Gasteiger partial charge in [0.05, 0.1) is 18.2 Å². The first-order valence-electron chi connectivity index (χ1n) is 7.03. The van der Waals surface area contributed by atoms with Crippen molar-refractivity contribution >= 4 is 22.9 Å². The van der Waals surface area contributed by atoms with Gasteiger partial charge < -0.3 is 14.3 Å². The van der Waals surface area contributed by atoms with Crippen molar-refractivity contribution < 1.29 is 14.3 Å². The molecule has 0 saturated heterocycles. The second kappa shape index (κ2) is 5.96. The number of rotatable bonds is 3. The van der Waals surface area contributed by atoms with Gasteiger partial charge in [-0.1, -0.05) is 11.6 Å². The van der Waals surface area contributed by atoms with Crippen LogP contribution < -0.4 is 10.4 Å². The molecule has 5 nitrogen and oxygen atoms in total. The van der Waals surface area contributed by atoms with Crippen molar-refractivity contribution in [1.82, 2.24) is 0 Å². The molecule has 0 atom stereocenters. The molecule has 1 heterocycles. The highest BCUT2D eigenvalue weighted by Gasteiger charge is 2.12. The average Bonchev–Trinajstić information content (AvgIpc) is 2.56. The number of aromatic hydroxyl groups is 1. The lowest BCUT2D eigenvalue weighted by Gasteiger charge is -2.04. The van der Waals surface area contributed by atoms with Gasteiger partial charge in [0.15, 0.2) is 0 Å². The number of hydrogen-bond donors (Lipinski definition) is 1. The number of aryl methyl sites for hydroxylation is 1. The van der Waals surface area contributed by atoms with Gasteiger partial charge in [0.2, 0.25) is 0 Å². The topological polar surface area (TPSA) is 72.0 Å². The summed E-state index contributed by atoms with van der Waals surface area (Å²) in [5, 5.41) is 10.8. The fourth-order valence-corrected chi connectivity index (χ4v) is 2.24. The van der Waals surface area contributed by atoms with E-state index >= 15 is 0 Å². The van der Waals surface area contributed by atoms with Crippen LogP contribution in [0, 0.1) is 6.92 Å². The van der Waals surface area contributed by atoms with Crippen molar-refractivity contribution in [3.8, 4) is 11.5 Å². The highest BCUT2D eigenvalue weighted by Crippen LogP contribution is 2.27. The van der Waals surface area contributed by atoms with Gasteiger partial charge >= 0.3 is 5.63 Å². The maximum absolute atomic E-state index is 12.0. The van der Waals surface area contributed by atoms with Crippen LogP contribution in [0.25, 0.3) is 11.0 Å². The second-order valence-corrected chi connectivity index (χ2v) is 5.11. The monoisotopic (exact) mass is 309 g/mol. The maximum Gasteiger partial charge on any atom is 0.348 e. The van der Waals surface area contributed by atoms with Gasteiger partial charge in [0, 0.05) is 6.21 Å². The summed E-state index contributed by atoms with van der Waals surface area (Å²) < 4.78 is 10.3. The minimum atomic E-state index is -0.629. The second-order valence-electron chi connectivity index (χ2n) is 5.11. The van der Waals surface area contributed by atoms with Crippen LogP contribution in [0.3, 0.4) is 0 Å². The minimum absolute atomic E-state index is 0.0268. The van der Waals surface area contributed by atoms with Gasteiger partial charge in [-0.3, -0.25) is 4.99 Å². The van der Waals surface area contributed by atoms with Gasteiger partial charge in [-0.2, -0.15) is 0 Å². The number of benzene rings is 2. The zero-order valence-corrected chi connectivity index (χ0v) is 12.7. The Labute approximate surface area is 132 Å². The van der Waals surface area contributed by atoms with Crippen molar-refractivity contribution in [1.29, 1.82) is 0 Å². The maximum atomic E-state index is 12.0. The fourth-order valence-electron chi connectivity index (χ4n) is 2.24. The highest BCUT2D eigenvalue weighted by molar-refractivity contribution is 5.94. The van der Waals surface area contributed by atoms with E-state index in [1.165, 1.54) is 6.21 Å². The summed E-state index contributed by atoms with van der Waals surface area (Å²) in [5.41, 5.74) is 1.34. The molecule has 0 spiro atoms. The molecular formula is C18H15NO4. The Hall–Kier alpha value is -3.08. The molecule has 0 radical (unpaired) electrons. The van der Waals surface area contributed by atoms with Gasteiger partial charge in [0.1, 0.15) is 22.6 Å². The predicted octanol–water partition coefficient (Wildman–Crippen LogP) is 3.57. The SMILES string of the molecule is COc1ccc(N=Cc2c(O)c3cc(C)ccc3oc2=O)cc1. The van der Waals surface area contributed by atoms with Crippen molar-refractivity contribution in [2.24, 2.45) is 4.99 Å². The molecule has 1 N–H and O–H groups in total. The molecule has 0 aliphatic carbocycles. The number of ether oxygens (including phenoxy) is 1. The first kappa shape index (κ1) is 14.8. The number of hydrogen-bond acceptors (Lipinski definition) is 5. The molecule has 2 aromatic carbocycles. The summed E-state index contributed by atoms with van der Waals surface area (Å²) in [6, 6.07) is 12.3. The molecule has 23 heavy (non-hydrogen) atoms. The molecule has 0 amide bonds. The molecular weight excluding hydrogens is 294 g/mol. The van der Waals surface area contributed by atoms with E-state index in [4.69, 9.17) is 9.15 Å². The summed E-state index contributed by atoms with van der Waals surface area (Å²) in [6.45, 7) is 1.90. The molecule has 1 aromatic heterocycles. The van der Waals surface area contributed by atoms with Crippen LogP contribution in [0.5, 0.6) is 11.5 Å². The van der Waals surface area contributed by atoms with E-state index < -0.39 is 5.63 Å². The summed E-state index contributed by atoms with van der Waals surface area (Å²) in [7, 11) is 1.58. The first-order valence-corrected chi connectivity index (χ1v) is 7.03. The smallest absolute Gasteiger partial charge is 0.348 e. The average molecular weight is 309 g/mol. The third kappa shape index (κ3) is 2.94. The van der Waals surface area contributed by atoms with E-state index in [-0.39, 0.29) is 11.3 Å². The van der Waals surface area contributed by atoms with Crippen LogP contribution in [0.2, 0.25) is 0 Å². The van der Waals surface area contributed by atoms with Crippen LogP contribution in [0.1, 0.15) is 11.1 Å². The molecule has 5 heteroatoms. The van der Waals surface area contributed by atoms with Crippen LogP contribution in [0.4, 0.5) is 5.69 Å². The Morgan fingerprint density at radius 2 is 1.91 bits per heavy atom. The standard InChI is InChI=1S/C18H15NO4/c1-11-3-8-16-14(9-11)17(20)15(18(21)23-16)10-19-12-4-6-13(22-2)7-5-12/h3-10,20H,1-2H3. The zero-order chi connectivity index (χ0) is 16.4. The number of nitrogens with zero attached hydrogens (tertiary/aromatic N) is 1. The quantitative estimate of drug-likeness (QED) is 0.593. The normalized spacial score (nSPS) is 11.2. The van der Waals surface area contributed by atoms with Crippen LogP contribution in [-0.2, 0) is 0 Å². The lowest BCUT2D eigenvalue weighted by molar-refractivity contribution is 0.415. The predicted molar refractivity (Wildman–Crippen MR) is 89.1 cm³/mol. The van der Waals surface area contributed by atoms with Crippen molar-refractivity contribution in [2.75, 3.05) is 7.11 Å². The summed E-state index contributed by atoms with van der Waals surface area (Å²) >= 11 is 0. The minimum Gasteiger partial charge on any atom is -0.506 e. The molecule has 0 fully saturated rings. The van der Waals surface area contributed by atoms with E-state index in [9.17, 15) is 9.90 Å². The number of aliphatic imine (C=N–C) groups is 1. The third-order valence-corrected chi connectivity index (χ3v) is 3.48.